The fourth-order valence-electron chi connectivity index (χ4n) is 6.02. The second-order valence-electron chi connectivity index (χ2n) is 12.1. The average Bonchev–Trinajstić information content (AvgIpc) is 3.27. The average molecular weight is 623 g/mol. The van der Waals surface area contributed by atoms with Crippen molar-refractivity contribution in [1.82, 2.24) is 0 Å². The summed E-state index contributed by atoms with van der Waals surface area (Å²) in [4.78, 5) is 18.1. The van der Waals surface area contributed by atoms with Crippen LogP contribution in [-0.4, -0.2) is 55.4 Å². The number of ether oxygens (including phenoxy) is 3. The summed E-state index contributed by atoms with van der Waals surface area (Å²) in [5.74, 6) is 1.75. The first-order valence-electron chi connectivity index (χ1n) is 15.1. The summed E-state index contributed by atoms with van der Waals surface area (Å²) in [6.07, 6.45) is 0. The molecule has 45 heavy (non-hydrogen) atoms. The molecule has 0 aliphatic carbocycles. The Morgan fingerprint density at radius 2 is 1.09 bits per heavy atom. The number of anilines is 2. The number of nitrogens with zero attached hydrogens (tertiary/aromatic N) is 2. The molecule has 0 saturated carbocycles. The van der Waals surface area contributed by atoms with E-state index < -0.39 is 14.3 Å². The smallest absolute Gasteiger partial charge is 0.338 e. The van der Waals surface area contributed by atoms with Gasteiger partial charge in [0, 0.05) is 11.4 Å². The Kier molecular flexibility index (Phi) is 9.53. The standard InChI is InChI=1S/C37H42N2O5Si/c1-37(2,3)45(32-13-9-7-10-14-32,33-15-11-8-12-16-33)44-35-26-39(29-19-23-31(42-5)24-20-29)27-38(25-34(35)36(40)43-6)28-17-21-30(41-4)22-18-28/h7-24H,25-27H2,1-6H3. The molecular weight excluding hydrogens is 581 g/mol. The van der Waals surface area contributed by atoms with E-state index in [1.807, 2.05) is 60.7 Å². The van der Waals surface area contributed by atoms with E-state index in [0.29, 0.717) is 31.1 Å². The molecule has 0 saturated heterocycles. The van der Waals surface area contributed by atoms with E-state index in [1.54, 1.807) is 14.2 Å². The Bertz CT molecular complexity index is 1560. The third-order valence-electron chi connectivity index (χ3n) is 8.36. The zero-order valence-electron chi connectivity index (χ0n) is 26.9. The first-order chi connectivity index (χ1) is 21.7. The number of hydrogen-bond donors (Lipinski definition) is 0. The molecule has 0 bridgehead atoms. The zero-order valence-corrected chi connectivity index (χ0v) is 27.9. The van der Waals surface area contributed by atoms with Crippen molar-refractivity contribution >= 4 is 36.0 Å². The molecule has 0 radical (unpaired) electrons. The lowest BCUT2D eigenvalue weighted by Gasteiger charge is -2.44. The maximum Gasteiger partial charge on any atom is 0.338 e. The van der Waals surface area contributed by atoms with Crippen LogP contribution in [0, 0.1) is 0 Å². The molecular formula is C37H42N2O5Si. The van der Waals surface area contributed by atoms with Gasteiger partial charge in [-0.2, -0.15) is 0 Å². The van der Waals surface area contributed by atoms with Crippen molar-refractivity contribution in [2.75, 3.05) is 50.9 Å². The van der Waals surface area contributed by atoms with Crippen LogP contribution in [0.1, 0.15) is 20.8 Å². The molecule has 234 valence electrons. The first-order valence-corrected chi connectivity index (χ1v) is 17.0. The largest absolute Gasteiger partial charge is 0.535 e. The Morgan fingerprint density at radius 3 is 1.49 bits per heavy atom. The highest BCUT2D eigenvalue weighted by atomic mass is 28.4. The van der Waals surface area contributed by atoms with Gasteiger partial charge < -0.3 is 28.4 Å². The van der Waals surface area contributed by atoms with Gasteiger partial charge in [0.05, 0.1) is 46.7 Å². The minimum atomic E-state index is -3.07. The van der Waals surface area contributed by atoms with E-state index in [1.165, 1.54) is 7.11 Å². The van der Waals surface area contributed by atoms with E-state index in [9.17, 15) is 4.79 Å². The van der Waals surface area contributed by atoms with Crippen LogP contribution in [0.2, 0.25) is 5.04 Å². The number of hydrogen-bond acceptors (Lipinski definition) is 7. The number of carbonyl (C=O) groups is 1. The lowest BCUT2D eigenvalue weighted by molar-refractivity contribution is -0.136. The second kappa shape index (κ2) is 13.5. The third kappa shape index (κ3) is 6.56. The molecule has 0 amide bonds. The first kappa shape index (κ1) is 31.7. The summed E-state index contributed by atoms with van der Waals surface area (Å²) in [5.41, 5.74) is 2.42. The lowest BCUT2D eigenvalue weighted by atomic mass is 10.2. The van der Waals surface area contributed by atoms with E-state index in [4.69, 9.17) is 18.6 Å². The lowest BCUT2D eigenvalue weighted by Crippen LogP contribution is -2.66. The highest BCUT2D eigenvalue weighted by Gasteiger charge is 2.53. The molecule has 7 nitrogen and oxygen atoms in total. The topological polar surface area (TPSA) is 60.5 Å². The fraction of sp³-hybridized carbons (Fsp3) is 0.270. The van der Waals surface area contributed by atoms with Crippen LogP contribution in [0.5, 0.6) is 11.5 Å². The number of rotatable bonds is 9. The SMILES string of the molecule is COC(=O)C1=C(O[Si](c2ccccc2)(c2ccccc2)C(C)(C)C)CN(c2ccc(OC)cc2)CN(c2ccc(OC)cc2)C1. The molecule has 4 aromatic rings. The van der Waals surface area contributed by atoms with Gasteiger partial charge in [-0.3, -0.25) is 0 Å². The molecule has 0 N–H and O–H groups in total. The number of methoxy groups -OCH3 is 3. The molecule has 0 atom stereocenters. The van der Waals surface area contributed by atoms with Crippen LogP contribution in [0.4, 0.5) is 11.4 Å². The van der Waals surface area contributed by atoms with Gasteiger partial charge in [0.15, 0.2) is 0 Å². The summed E-state index contributed by atoms with van der Waals surface area (Å²) >= 11 is 0. The van der Waals surface area contributed by atoms with Gasteiger partial charge in [-0.1, -0.05) is 81.4 Å². The fourth-order valence-corrected chi connectivity index (χ4v) is 10.5. The molecule has 1 heterocycles. The predicted octanol–water partition coefficient (Wildman–Crippen LogP) is 5.99. The van der Waals surface area contributed by atoms with Crippen LogP contribution < -0.4 is 29.6 Å². The Balaban J connectivity index is 1.72. The molecule has 8 heteroatoms. The highest BCUT2D eigenvalue weighted by molar-refractivity contribution is 6.99. The van der Waals surface area contributed by atoms with Crippen molar-refractivity contribution in [2.45, 2.75) is 25.8 Å². The van der Waals surface area contributed by atoms with E-state index >= 15 is 0 Å². The summed E-state index contributed by atoms with van der Waals surface area (Å²) in [5, 5.41) is 1.97. The van der Waals surface area contributed by atoms with Crippen LogP contribution >= 0.6 is 0 Å². The third-order valence-corrected chi connectivity index (χ3v) is 13.3. The quantitative estimate of drug-likeness (QED) is 0.168. The zero-order chi connectivity index (χ0) is 32.0. The van der Waals surface area contributed by atoms with E-state index in [2.05, 4.69) is 79.1 Å². The number of esters is 1. The summed E-state index contributed by atoms with van der Waals surface area (Å²) in [6.45, 7) is 7.89. The maximum atomic E-state index is 13.7. The highest BCUT2D eigenvalue weighted by Crippen LogP contribution is 2.40. The second-order valence-corrected chi connectivity index (χ2v) is 16.3. The van der Waals surface area contributed by atoms with Gasteiger partial charge in [0.1, 0.15) is 17.3 Å². The van der Waals surface area contributed by atoms with Crippen LogP contribution in [0.15, 0.2) is 121 Å². The van der Waals surface area contributed by atoms with Crippen molar-refractivity contribution < 1.29 is 23.4 Å². The van der Waals surface area contributed by atoms with Gasteiger partial charge in [0.25, 0.3) is 0 Å². The molecule has 4 aromatic carbocycles. The Hall–Kier alpha value is -4.69. The Morgan fingerprint density at radius 1 is 0.644 bits per heavy atom. The van der Waals surface area contributed by atoms with Gasteiger partial charge in [-0.05, 0) is 63.9 Å². The molecule has 5 rings (SSSR count). The van der Waals surface area contributed by atoms with Gasteiger partial charge in [0.2, 0.25) is 0 Å². The summed E-state index contributed by atoms with van der Waals surface area (Å²) < 4.78 is 23.9. The molecule has 0 unspecified atom stereocenters. The monoisotopic (exact) mass is 622 g/mol. The molecule has 1 aliphatic heterocycles. The van der Waals surface area contributed by atoms with Crippen molar-refractivity contribution in [1.29, 1.82) is 0 Å². The van der Waals surface area contributed by atoms with Gasteiger partial charge in [-0.15, -0.1) is 0 Å². The number of carbonyl (C=O) groups excluding carboxylic acids is 1. The minimum Gasteiger partial charge on any atom is -0.535 e. The summed E-state index contributed by atoms with van der Waals surface area (Å²) in [7, 11) is 1.68. The molecule has 1 aliphatic rings. The Labute approximate surface area is 267 Å². The normalized spacial score (nSPS) is 14.1. The summed E-state index contributed by atoms with van der Waals surface area (Å²) in [6, 6.07) is 36.8. The number of benzene rings is 4. The molecule has 0 spiro atoms. The van der Waals surface area contributed by atoms with E-state index in [-0.39, 0.29) is 5.04 Å². The maximum absolute atomic E-state index is 13.7. The van der Waals surface area contributed by atoms with Crippen molar-refractivity contribution in [3.8, 4) is 11.5 Å². The minimum absolute atomic E-state index is 0.295. The van der Waals surface area contributed by atoms with Gasteiger partial charge in [-0.25, -0.2) is 4.79 Å². The van der Waals surface area contributed by atoms with Crippen molar-refractivity contribution in [3.05, 3.63) is 121 Å². The van der Waals surface area contributed by atoms with Crippen molar-refractivity contribution in [2.24, 2.45) is 0 Å². The van der Waals surface area contributed by atoms with Crippen LogP contribution in [-0.2, 0) is 14.0 Å². The van der Waals surface area contributed by atoms with Crippen molar-refractivity contribution in [3.63, 3.8) is 0 Å². The molecule has 0 aromatic heterocycles. The predicted molar refractivity (Wildman–Crippen MR) is 183 cm³/mol. The molecule has 0 fully saturated rings. The van der Waals surface area contributed by atoms with Gasteiger partial charge >= 0.3 is 14.3 Å². The van der Waals surface area contributed by atoms with Crippen LogP contribution in [0.25, 0.3) is 0 Å². The van der Waals surface area contributed by atoms with E-state index in [0.717, 1.165) is 33.2 Å². The van der Waals surface area contributed by atoms with Crippen LogP contribution in [0.3, 0.4) is 0 Å².